The molecule has 2 aromatic rings. The van der Waals surface area contributed by atoms with E-state index in [1.807, 2.05) is 36.2 Å². The van der Waals surface area contributed by atoms with Gasteiger partial charge in [0.2, 0.25) is 0 Å². The number of dihydropyridines is 1. The summed E-state index contributed by atoms with van der Waals surface area (Å²) in [6.45, 7) is 6.18. The summed E-state index contributed by atoms with van der Waals surface area (Å²) in [4.78, 5) is 38.7. The SMILES string of the molecule is CC(=O)C1=C(C)NC(C)=C(C(=O)OCCN(C)Cc2ccc(Cl)cc2)C1c1cccc([N+](=O)[O-])c1.Cl. The number of non-ortho nitro benzene ring substituents is 1. The highest BCUT2D eigenvalue weighted by Gasteiger charge is 2.36. The van der Waals surface area contributed by atoms with Gasteiger partial charge in [0.15, 0.2) is 5.78 Å². The molecule has 0 aliphatic carbocycles. The molecule has 0 amide bonds. The van der Waals surface area contributed by atoms with E-state index in [2.05, 4.69) is 5.32 Å². The zero-order valence-electron chi connectivity index (χ0n) is 20.5. The highest BCUT2D eigenvalue weighted by molar-refractivity contribution is 6.30. The Morgan fingerprint density at radius 3 is 2.36 bits per heavy atom. The Kier molecular flexibility index (Phi) is 10.2. The van der Waals surface area contributed by atoms with Crippen molar-refractivity contribution in [3.63, 3.8) is 0 Å². The fourth-order valence-electron chi connectivity index (χ4n) is 4.24. The minimum Gasteiger partial charge on any atom is -0.461 e. The summed E-state index contributed by atoms with van der Waals surface area (Å²) in [6.07, 6.45) is 0. The van der Waals surface area contributed by atoms with Gasteiger partial charge in [0.25, 0.3) is 5.69 Å². The zero-order chi connectivity index (χ0) is 25.7. The number of nitrogens with one attached hydrogen (secondary N) is 1. The fraction of sp³-hybridized carbons (Fsp3) is 0.308. The first-order chi connectivity index (χ1) is 16.6. The summed E-state index contributed by atoms with van der Waals surface area (Å²) in [7, 11) is 1.92. The van der Waals surface area contributed by atoms with Crippen LogP contribution in [0.5, 0.6) is 0 Å². The third kappa shape index (κ3) is 6.94. The number of rotatable bonds is 9. The predicted octanol–water partition coefficient (Wildman–Crippen LogP) is 5.17. The van der Waals surface area contributed by atoms with Gasteiger partial charge < -0.3 is 10.1 Å². The number of nitro benzene ring substituents is 1. The van der Waals surface area contributed by atoms with Crippen molar-refractivity contribution in [1.82, 2.24) is 10.2 Å². The fourth-order valence-corrected chi connectivity index (χ4v) is 4.36. The van der Waals surface area contributed by atoms with Gasteiger partial charge in [-0.05, 0) is 51.1 Å². The third-order valence-corrected chi connectivity index (χ3v) is 6.10. The Bertz CT molecular complexity index is 1210. The Morgan fingerprint density at radius 1 is 1.11 bits per heavy atom. The number of nitro groups is 1. The quantitative estimate of drug-likeness (QED) is 0.269. The van der Waals surface area contributed by atoms with E-state index in [1.54, 1.807) is 26.0 Å². The number of carbonyl (C=O) groups is 2. The molecule has 0 spiro atoms. The highest BCUT2D eigenvalue weighted by Crippen LogP contribution is 2.39. The monoisotopic (exact) mass is 533 g/mol. The Labute approximate surface area is 221 Å². The average molecular weight is 534 g/mol. The highest BCUT2D eigenvalue weighted by atomic mass is 35.5. The zero-order valence-corrected chi connectivity index (χ0v) is 22.1. The van der Waals surface area contributed by atoms with Crippen molar-refractivity contribution in [3.05, 3.63) is 97.3 Å². The smallest absolute Gasteiger partial charge is 0.336 e. The molecule has 0 bridgehead atoms. The van der Waals surface area contributed by atoms with Gasteiger partial charge in [0.05, 0.1) is 10.5 Å². The second kappa shape index (κ2) is 12.7. The van der Waals surface area contributed by atoms with Crippen molar-refractivity contribution in [2.75, 3.05) is 20.2 Å². The van der Waals surface area contributed by atoms with E-state index in [-0.39, 0.29) is 36.1 Å². The molecular weight excluding hydrogens is 505 g/mol. The Balaban J connectivity index is 0.00000456. The van der Waals surface area contributed by atoms with Gasteiger partial charge in [0.1, 0.15) is 6.61 Å². The largest absolute Gasteiger partial charge is 0.461 e. The van der Waals surface area contributed by atoms with Crippen LogP contribution in [0, 0.1) is 10.1 Å². The predicted molar refractivity (Wildman–Crippen MR) is 141 cm³/mol. The maximum Gasteiger partial charge on any atom is 0.336 e. The molecule has 1 aliphatic rings. The van der Waals surface area contributed by atoms with Crippen molar-refractivity contribution in [3.8, 4) is 0 Å². The van der Waals surface area contributed by atoms with Gasteiger partial charge >= 0.3 is 5.97 Å². The molecule has 0 fully saturated rings. The molecule has 36 heavy (non-hydrogen) atoms. The van der Waals surface area contributed by atoms with Gasteiger partial charge in [0, 0.05) is 53.1 Å². The summed E-state index contributed by atoms with van der Waals surface area (Å²) in [6, 6.07) is 13.5. The summed E-state index contributed by atoms with van der Waals surface area (Å²) in [5.74, 6) is -1.57. The van der Waals surface area contributed by atoms with Gasteiger partial charge in [-0.2, -0.15) is 0 Å². The molecular formula is C26H29Cl2N3O5. The number of likely N-dealkylation sites (N-methyl/N-ethyl adjacent to an activating group) is 1. The first kappa shape index (κ1) is 29.0. The second-order valence-corrected chi connectivity index (χ2v) is 8.98. The molecule has 10 heteroatoms. The molecule has 1 atom stereocenters. The Hall–Kier alpha value is -3.20. The van der Waals surface area contributed by atoms with E-state index >= 15 is 0 Å². The van der Waals surface area contributed by atoms with Gasteiger partial charge in [-0.3, -0.25) is 19.8 Å². The van der Waals surface area contributed by atoms with Crippen molar-refractivity contribution in [2.45, 2.75) is 33.2 Å². The second-order valence-electron chi connectivity index (χ2n) is 8.54. The van der Waals surface area contributed by atoms with Crippen molar-refractivity contribution < 1.29 is 19.2 Å². The molecule has 8 nitrogen and oxygen atoms in total. The molecule has 0 aromatic heterocycles. The lowest BCUT2D eigenvalue weighted by molar-refractivity contribution is -0.384. The number of allylic oxidation sites excluding steroid dienone is 3. The first-order valence-corrected chi connectivity index (χ1v) is 11.5. The van der Waals surface area contributed by atoms with Gasteiger partial charge in [-0.15, -0.1) is 12.4 Å². The van der Waals surface area contributed by atoms with Crippen LogP contribution in [0.3, 0.4) is 0 Å². The molecule has 1 N–H and O–H groups in total. The summed E-state index contributed by atoms with van der Waals surface area (Å²) < 4.78 is 5.60. The number of carbonyl (C=O) groups excluding carboxylic acids is 2. The number of hydrogen-bond donors (Lipinski definition) is 1. The molecule has 0 saturated heterocycles. The maximum absolute atomic E-state index is 13.2. The van der Waals surface area contributed by atoms with Crippen molar-refractivity contribution in [1.29, 1.82) is 0 Å². The van der Waals surface area contributed by atoms with Crippen LogP contribution in [0.2, 0.25) is 5.02 Å². The average Bonchev–Trinajstić information content (AvgIpc) is 2.79. The van der Waals surface area contributed by atoms with Crippen LogP contribution in [0.4, 0.5) is 5.69 Å². The topological polar surface area (TPSA) is 102 Å². The molecule has 1 aliphatic heterocycles. The number of esters is 1. The van der Waals surface area contributed by atoms with E-state index in [0.717, 1.165) is 5.56 Å². The molecule has 0 radical (unpaired) electrons. The minimum absolute atomic E-state index is 0. The number of nitrogens with zero attached hydrogens (tertiary/aromatic N) is 2. The molecule has 192 valence electrons. The number of ketones is 1. The lowest BCUT2D eigenvalue weighted by Crippen LogP contribution is -2.32. The van der Waals surface area contributed by atoms with Gasteiger partial charge in [-0.1, -0.05) is 35.9 Å². The van der Waals surface area contributed by atoms with Crippen LogP contribution < -0.4 is 5.32 Å². The van der Waals surface area contributed by atoms with E-state index in [4.69, 9.17) is 16.3 Å². The van der Waals surface area contributed by atoms with Gasteiger partial charge in [-0.25, -0.2) is 4.79 Å². The minimum atomic E-state index is -0.770. The number of Topliss-reactive ketones (excluding diaryl/α,β-unsaturated/α-hetero) is 1. The molecule has 3 rings (SSSR count). The molecule has 1 unspecified atom stereocenters. The third-order valence-electron chi connectivity index (χ3n) is 5.85. The lowest BCUT2D eigenvalue weighted by atomic mass is 9.79. The molecule has 0 saturated carbocycles. The van der Waals surface area contributed by atoms with Crippen molar-refractivity contribution >= 4 is 41.4 Å². The van der Waals surface area contributed by atoms with Crippen LogP contribution in [-0.2, 0) is 20.9 Å². The van der Waals surface area contributed by atoms with Crippen LogP contribution in [0.1, 0.15) is 37.8 Å². The van der Waals surface area contributed by atoms with Crippen LogP contribution in [-0.4, -0.2) is 41.8 Å². The maximum atomic E-state index is 13.2. The standard InChI is InChI=1S/C26H28ClN3O5.ClH/c1-16-23(18(3)31)25(20-6-5-7-22(14-20)30(33)34)24(17(2)28-16)26(32)35-13-12-29(4)15-19-8-10-21(27)11-9-19;/h5-11,14,25,28H,12-13,15H2,1-4H3;1H. The lowest BCUT2D eigenvalue weighted by Gasteiger charge is -2.30. The summed E-state index contributed by atoms with van der Waals surface area (Å²) >= 11 is 5.93. The normalized spacial score (nSPS) is 15.3. The number of halogens is 2. The molecule has 1 heterocycles. The molecule has 2 aromatic carbocycles. The summed E-state index contributed by atoms with van der Waals surface area (Å²) in [5.41, 5.74) is 3.24. The Morgan fingerprint density at radius 2 is 1.75 bits per heavy atom. The van der Waals surface area contributed by atoms with Crippen LogP contribution in [0.25, 0.3) is 0 Å². The van der Waals surface area contributed by atoms with E-state index in [0.29, 0.717) is 40.6 Å². The van der Waals surface area contributed by atoms with E-state index < -0.39 is 16.8 Å². The number of hydrogen-bond acceptors (Lipinski definition) is 7. The number of ether oxygens (including phenoxy) is 1. The van der Waals surface area contributed by atoms with E-state index in [9.17, 15) is 19.7 Å². The summed E-state index contributed by atoms with van der Waals surface area (Å²) in [5, 5.41) is 15.1. The van der Waals surface area contributed by atoms with Crippen LogP contribution in [0.15, 0.2) is 71.1 Å². The van der Waals surface area contributed by atoms with E-state index in [1.165, 1.54) is 19.1 Å². The van der Waals surface area contributed by atoms with Crippen molar-refractivity contribution in [2.24, 2.45) is 0 Å². The van der Waals surface area contributed by atoms with Crippen LogP contribution >= 0.6 is 24.0 Å². The number of benzene rings is 2. The first-order valence-electron chi connectivity index (χ1n) is 11.1.